The van der Waals surface area contributed by atoms with Crippen molar-refractivity contribution < 1.29 is 9.59 Å². The molecule has 0 aliphatic carbocycles. The van der Waals surface area contributed by atoms with Crippen molar-refractivity contribution in [1.29, 1.82) is 0 Å². The molecule has 1 fully saturated rings. The highest BCUT2D eigenvalue weighted by atomic mass is 35.5. The summed E-state index contributed by atoms with van der Waals surface area (Å²) in [4.78, 5) is 26.3. The van der Waals surface area contributed by atoms with Gasteiger partial charge < -0.3 is 10.2 Å². The number of nitrogens with one attached hydrogen (secondary N) is 1. The molecule has 1 atom stereocenters. The number of anilines is 2. The van der Waals surface area contributed by atoms with E-state index in [0.29, 0.717) is 26.4 Å². The number of halogens is 4. The van der Waals surface area contributed by atoms with Gasteiger partial charge in [-0.2, -0.15) is 0 Å². The van der Waals surface area contributed by atoms with Crippen molar-refractivity contribution in [3.05, 3.63) is 56.5 Å². The minimum atomic E-state index is -0.530. The first kappa shape index (κ1) is 18.3. The van der Waals surface area contributed by atoms with Crippen LogP contribution in [0.3, 0.4) is 0 Å². The third-order valence-corrected chi connectivity index (χ3v) is 5.28. The van der Waals surface area contributed by atoms with Crippen LogP contribution in [0.2, 0.25) is 20.1 Å². The van der Waals surface area contributed by atoms with Crippen LogP contribution in [0.4, 0.5) is 11.4 Å². The summed E-state index contributed by atoms with van der Waals surface area (Å²) in [5, 5.41) is 4.18. The van der Waals surface area contributed by atoms with Crippen molar-refractivity contribution in [2.75, 3.05) is 16.8 Å². The van der Waals surface area contributed by atoms with Crippen LogP contribution in [0, 0.1) is 5.92 Å². The second-order valence-corrected chi connectivity index (χ2v) is 7.22. The molecule has 1 N–H and O–H groups in total. The van der Waals surface area contributed by atoms with Crippen molar-refractivity contribution in [3.8, 4) is 0 Å². The van der Waals surface area contributed by atoms with Crippen LogP contribution in [0.1, 0.15) is 6.42 Å². The van der Waals surface area contributed by atoms with E-state index in [-0.39, 0.29) is 29.8 Å². The van der Waals surface area contributed by atoms with Crippen LogP contribution in [-0.2, 0) is 9.59 Å². The highest BCUT2D eigenvalue weighted by Crippen LogP contribution is 2.34. The van der Waals surface area contributed by atoms with Crippen molar-refractivity contribution >= 4 is 69.6 Å². The Labute approximate surface area is 164 Å². The first-order valence-electron chi connectivity index (χ1n) is 7.37. The van der Waals surface area contributed by atoms with Crippen LogP contribution in [0.15, 0.2) is 36.4 Å². The Balaban J connectivity index is 1.77. The minimum absolute atomic E-state index is 0.0763. The SMILES string of the molecule is O=C(Nc1cccc(Cl)c1Cl)[C@@H]1CC(=O)N(c2cc(Cl)ccc2Cl)C1. The molecule has 2 aromatic rings. The molecule has 1 saturated heterocycles. The maximum atomic E-state index is 12.5. The van der Waals surface area contributed by atoms with Crippen LogP contribution in [-0.4, -0.2) is 18.4 Å². The normalized spacial score (nSPS) is 17.0. The third kappa shape index (κ3) is 3.87. The standard InChI is InChI=1S/C17H12Cl4N2O2/c18-10-4-5-11(19)14(7-10)23-8-9(6-15(23)24)17(25)22-13-3-1-2-12(20)16(13)21/h1-5,7,9H,6,8H2,(H,22,25)/t9-/m1/s1. The summed E-state index contributed by atoms with van der Waals surface area (Å²) in [7, 11) is 0. The van der Waals surface area contributed by atoms with Gasteiger partial charge in [0.25, 0.3) is 0 Å². The van der Waals surface area contributed by atoms with E-state index >= 15 is 0 Å². The number of nitrogens with zero attached hydrogens (tertiary/aromatic N) is 1. The van der Waals surface area contributed by atoms with E-state index < -0.39 is 5.92 Å². The van der Waals surface area contributed by atoms with Crippen LogP contribution in [0.5, 0.6) is 0 Å². The highest BCUT2D eigenvalue weighted by Gasteiger charge is 2.36. The van der Waals surface area contributed by atoms with Crippen LogP contribution < -0.4 is 10.2 Å². The van der Waals surface area contributed by atoms with Gasteiger partial charge in [0, 0.05) is 18.0 Å². The van der Waals surface area contributed by atoms with Gasteiger partial charge in [-0.1, -0.05) is 52.5 Å². The molecule has 0 saturated carbocycles. The summed E-state index contributed by atoms with van der Waals surface area (Å²) in [6.45, 7) is 0.211. The fourth-order valence-corrected chi connectivity index (χ4v) is 3.38. The number of amides is 2. The van der Waals surface area contributed by atoms with Gasteiger partial charge in [0.2, 0.25) is 11.8 Å². The third-order valence-electron chi connectivity index (χ3n) is 3.90. The van der Waals surface area contributed by atoms with Gasteiger partial charge in [-0.15, -0.1) is 0 Å². The van der Waals surface area contributed by atoms with E-state index in [2.05, 4.69) is 5.32 Å². The largest absolute Gasteiger partial charge is 0.324 e. The average molecular weight is 418 g/mol. The van der Waals surface area contributed by atoms with Crippen LogP contribution >= 0.6 is 46.4 Å². The minimum Gasteiger partial charge on any atom is -0.324 e. The van der Waals surface area contributed by atoms with Crippen molar-refractivity contribution in [1.82, 2.24) is 0 Å². The Morgan fingerprint density at radius 1 is 1.08 bits per heavy atom. The van der Waals surface area contributed by atoms with Gasteiger partial charge in [-0.25, -0.2) is 0 Å². The molecule has 0 unspecified atom stereocenters. The number of carbonyl (C=O) groups is 2. The van der Waals surface area contributed by atoms with E-state index in [1.54, 1.807) is 36.4 Å². The highest BCUT2D eigenvalue weighted by molar-refractivity contribution is 6.44. The van der Waals surface area contributed by atoms with Gasteiger partial charge in [-0.05, 0) is 30.3 Å². The predicted octanol–water partition coefficient (Wildman–Crippen LogP) is 5.29. The Bertz CT molecular complexity index is 857. The molecule has 3 rings (SSSR count). The van der Waals surface area contributed by atoms with Crippen molar-refractivity contribution in [2.24, 2.45) is 5.92 Å². The van der Waals surface area contributed by atoms with Gasteiger partial charge in [0.15, 0.2) is 0 Å². The molecule has 0 radical (unpaired) electrons. The molecule has 8 heteroatoms. The smallest absolute Gasteiger partial charge is 0.229 e. The lowest BCUT2D eigenvalue weighted by Gasteiger charge is -2.18. The first-order valence-corrected chi connectivity index (χ1v) is 8.88. The summed E-state index contributed by atoms with van der Waals surface area (Å²) < 4.78 is 0. The van der Waals surface area contributed by atoms with E-state index in [1.165, 1.54) is 4.90 Å². The molecule has 4 nitrogen and oxygen atoms in total. The van der Waals surface area contributed by atoms with Crippen molar-refractivity contribution in [2.45, 2.75) is 6.42 Å². The fraction of sp³-hybridized carbons (Fsp3) is 0.176. The molecule has 0 aromatic heterocycles. The predicted molar refractivity (Wildman–Crippen MR) is 102 cm³/mol. The van der Waals surface area contributed by atoms with Gasteiger partial charge in [0.05, 0.1) is 32.4 Å². The molecular formula is C17H12Cl4N2O2. The number of carbonyl (C=O) groups excluding carboxylic acids is 2. The van der Waals surface area contributed by atoms with E-state index in [4.69, 9.17) is 46.4 Å². The number of hydrogen-bond donors (Lipinski definition) is 1. The lowest BCUT2D eigenvalue weighted by atomic mass is 10.1. The second-order valence-electron chi connectivity index (χ2n) is 5.59. The Hall–Kier alpha value is -1.46. The number of rotatable bonds is 3. The maximum Gasteiger partial charge on any atom is 0.229 e. The van der Waals surface area contributed by atoms with Gasteiger partial charge >= 0.3 is 0 Å². The summed E-state index contributed by atoms with van der Waals surface area (Å²) in [6.07, 6.45) is 0.0763. The van der Waals surface area contributed by atoms with E-state index in [1.807, 2.05) is 0 Å². The fourth-order valence-electron chi connectivity index (χ4n) is 2.64. The lowest BCUT2D eigenvalue weighted by Crippen LogP contribution is -2.28. The number of benzene rings is 2. The van der Waals surface area contributed by atoms with Gasteiger partial charge in [0.1, 0.15) is 0 Å². The zero-order valence-electron chi connectivity index (χ0n) is 12.7. The Morgan fingerprint density at radius 2 is 1.84 bits per heavy atom. The zero-order valence-corrected chi connectivity index (χ0v) is 15.8. The topological polar surface area (TPSA) is 49.4 Å². The monoisotopic (exact) mass is 416 g/mol. The molecule has 2 aromatic carbocycles. The van der Waals surface area contributed by atoms with Gasteiger partial charge in [-0.3, -0.25) is 9.59 Å². The molecule has 1 heterocycles. The number of hydrogen-bond acceptors (Lipinski definition) is 2. The molecular weight excluding hydrogens is 406 g/mol. The quantitative estimate of drug-likeness (QED) is 0.737. The molecule has 0 spiro atoms. The summed E-state index contributed by atoms with van der Waals surface area (Å²) in [6, 6.07) is 9.82. The van der Waals surface area contributed by atoms with E-state index in [9.17, 15) is 9.59 Å². The molecule has 130 valence electrons. The summed E-state index contributed by atoms with van der Waals surface area (Å²) >= 11 is 24.2. The molecule has 1 aliphatic rings. The summed E-state index contributed by atoms with van der Waals surface area (Å²) in [5.41, 5.74) is 0.904. The Morgan fingerprint density at radius 3 is 2.60 bits per heavy atom. The Kier molecular flexibility index (Phi) is 5.44. The maximum absolute atomic E-state index is 12.5. The lowest BCUT2D eigenvalue weighted by molar-refractivity contribution is -0.122. The zero-order chi connectivity index (χ0) is 18.1. The summed E-state index contributed by atoms with van der Waals surface area (Å²) in [5.74, 6) is -1.03. The van der Waals surface area contributed by atoms with Crippen molar-refractivity contribution in [3.63, 3.8) is 0 Å². The molecule has 1 aliphatic heterocycles. The average Bonchev–Trinajstić information content (AvgIpc) is 2.96. The molecule has 2 amide bonds. The molecule has 25 heavy (non-hydrogen) atoms. The van der Waals surface area contributed by atoms with Crippen LogP contribution in [0.25, 0.3) is 0 Å². The van der Waals surface area contributed by atoms with E-state index in [0.717, 1.165) is 0 Å². The molecule has 0 bridgehead atoms. The second kappa shape index (κ2) is 7.42. The first-order chi connectivity index (χ1) is 11.9.